The Morgan fingerprint density at radius 3 is 2.35 bits per heavy atom. The Hall–Kier alpha value is -2.64. The van der Waals surface area contributed by atoms with Crippen molar-refractivity contribution in [3.05, 3.63) is 42.0 Å². The number of aromatic nitrogens is 2. The van der Waals surface area contributed by atoms with Crippen molar-refractivity contribution in [1.29, 1.82) is 0 Å². The van der Waals surface area contributed by atoms with Gasteiger partial charge in [-0.05, 0) is 63.1 Å². The van der Waals surface area contributed by atoms with Crippen LogP contribution in [-0.4, -0.2) is 92.0 Å². The third kappa shape index (κ3) is 6.88. The third-order valence-electron chi connectivity index (χ3n) is 8.96. The average molecular weight is 627 g/mol. The number of likely N-dealkylation sites (N-methyl/N-ethyl adjacent to an activating group) is 1. The van der Waals surface area contributed by atoms with Crippen LogP contribution in [0.1, 0.15) is 57.4 Å². The predicted molar refractivity (Wildman–Crippen MR) is 170 cm³/mol. The Morgan fingerprint density at radius 2 is 1.67 bits per heavy atom. The zero-order chi connectivity index (χ0) is 30.1. The Kier molecular flexibility index (Phi) is 9.02. The fraction of sp³-hybridized carbons (Fsp3) is 0.581. The summed E-state index contributed by atoms with van der Waals surface area (Å²) in [6.07, 6.45) is 5.61. The second-order valence-corrected chi connectivity index (χ2v) is 15.3. The van der Waals surface area contributed by atoms with Gasteiger partial charge in [-0.2, -0.15) is 4.31 Å². The van der Waals surface area contributed by atoms with E-state index in [1.807, 2.05) is 31.3 Å². The number of pyridine rings is 1. The zero-order valence-corrected chi connectivity index (χ0v) is 26.9. The van der Waals surface area contributed by atoms with Gasteiger partial charge in [-0.25, -0.2) is 18.4 Å². The predicted octanol–water partition coefficient (Wildman–Crippen LogP) is 4.54. The molecule has 1 aliphatic carbocycles. The minimum Gasteiger partial charge on any atom is -0.372 e. The van der Waals surface area contributed by atoms with E-state index in [0.717, 1.165) is 67.2 Å². The van der Waals surface area contributed by atoms with Gasteiger partial charge >= 0.3 is 0 Å². The van der Waals surface area contributed by atoms with Crippen molar-refractivity contribution in [2.75, 3.05) is 56.5 Å². The molecule has 3 fully saturated rings. The van der Waals surface area contributed by atoms with Crippen LogP contribution in [0.3, 0.4) is 0 Å². The van der Waals surface area contributed by atoms with Crippen LogP contribution >= 0.6 is 11.3 Å². The van der Waals surface area contributed by atoms with Gasteiger partial charge in [0.05, 0.1) is 23.0 Å². The van der Waals surface area contributed by atoms with Gasteiger partial charge < -0.3 is 19.9 Å². The van der Waals surface area contributed by atoms with Gasteiger partial charge in [-0.1, -0.05) is 49.2 Å². The van der Waals surface area contributed by atoms with E-state index in [9.17, 15) is 13.2 Å². The highest BCUT2D eigenvalue weighted by Crippen LogP contribution is 2.36. The molecule has 2 aliphatic heterocycles. The Balaban J connectivity index is 1.20. The second-order valence-electron chi connectivity index (χ2n) is 12.4. The van der Waals surface area contributed by atoms with Gasteiger partial charge in [-0.15, -0.1) is 0 Å². The van der Waals surface area contributed by atoms with Crippen LogP contribution in [0.5, 0.6) is 0 Å². The molecule has 43 heavy (non-hydrogen) atoms. The molecule has 12 heteroatoms. The fourth-order valence-electron chi connectivity index (χ4n) is 6.62. The number of amides is 1. The fourth-order valence-corrected chi connectivity index (χ4v) is 8.88. The number of thiazole rings is 1. The molecule has 1 amide bonds. The van der Waals surface area contributed by atoms with Crippen molar-refractivity contribution >= 4 is 48.6 Å². The number of ether oxygens (including phenoxy) is 1. The molecule has 1 N–H and O–H groups in total. The number of carbonyl (C=O) groups excluding carboxylic acids is 1. The van der Waals surface area contributed by atoms with Crippen molar-refractivity contribution in [3.63, 3.8) is 0 Å². The van der Waals surface area contributed by atoms with Crippen molar-refractivity contribution in [3.8, 4) is 0 Å². The molecule has 2 saturated heterocycles. The first-order chi connectivity index (χ1) is 20.7. The number of anilines is 2. The lowest BCUT2D eigenvalue weighted by molar-refractivity contribution is -0.118. The maximum atomic E-state index is 13.8. The van der Waals surface area contributed by atoms with Crippen molar-refractivity contribution < 1.29 is 17.9 Å². The molecule has 1 unspecified atom stereocenters. The van der Waals surface area contributed by atoms with Crippen LogP contribution in [0.4, 0.5) is 10.9 Å². The van der Waals surface area contributed by atoms with E-state index >= 15 is 0 Å². The van der Waals surface area contributed by atoms with E-state index in [2.05, 4.69) is 33.9 Å². The Morgan fingerprint density at radius 1 is 1.00 bits per heavy atom. The topological polar surface area (TPSA) is 108 Å². The molecule has 0 bridgehead atoms. The molecule has 1 saturated carbocycles. The van der Waals surface area contributed by atoms with Crippen LogP contribution < -0.4 is 10.2 Å². The molecule has 1 aromatic carbocycles. The molecule has 0 spiro atoms. The van der Waals surface area contributed by atoms with Crippen LogP contribution in [0.2, 0.25) is 0 Å². The quantitative estimate of drug-likeness (QED) is 0.388. The van der Waals surface area contributed by atoms with Gasteiger partial charge in [-0.3, -0.25) is 4.79 Å². The molecular formula is C31H42N6O4S2. The minimum atomic E-state index is -3.57. The molecular weight excluding hydrogens is 585 g/mol. The number of benzene rings is 1. The first kappa shape index (κ1) is 30.4. The summed E-state index contributed by atoms with van der Waals surface area (Å²) in [6, 6.07) is 10.9. The maximum absolute atomic E-state index is 13.8. The van der Waals surface area contributed by atoms with Gasteiger partial charge in [0, 0.05) is 39.3 Å². The summed E-state index contributed by atoms with van der Waals surface area (Å²) in [6.45, 7) is 8.11. The number of morpholine rings is 1. The van der Waals surface area contributed by atoms with Crippen molar-refractivity contribution in [1.82, 2.24) is 19.2 Å². The summed E-state index contributed by atoms with van der Waals surface area (Å²) in [4.78, 5) is 28.8. The lowest BCUT2D eigenvalue weighted by atomic mass is 9.87. The molecule has 10 nitrogen and oxygen atoms in total. The van der Waals surface area contributed by atoms with Crippen molar-refractivity contribution in [2.24, 2.45) is 5.92 Å². The summed E-state index contributed by atoms with van der Waals surface area (Å²) in [5.41, 5.74) is 1.59. The third-order valence-corrected chi connectivity index (χ3v) is 11.8. The largest absolute Gasteiger partial charge is 0.372 e. The molecule has 0 radical (unpaired) electrons. The van der Waals surface area contributed by atoms with E-state index in [1.165, 1.54) is 24.2 Å². The minimum absolute atomic E-state index is 0.114. The number of nitrogens with one attached hydrogen (secondary N) is 1. The highest BCUT2D eigenvalue weighted by atomic mass is 32.2. The van der Waals surface area contributed by atoms with Crippen LogP contribution in [0, 0.1) is 5.92 Å². The maximum Gasteiger partial charge on any atom is 0.243 e. The first-order valence-corrected chi connectivity index (χ1v) is 17.7. The first-order valence-electron chi connectivity index (χ1n) is 15.4. The second kappa shape index (κ2) is 12.8. The van der Waals surface area contributed by atoms with Gasteiger partial charge in [0.25, 0.3) is 0 Å². The number of fused-ring (bicyclic) bond motifs is 1. The molecule has 2 aromatic heterocycles. The lowest BCUT2D eigenvalue weighted by Crippen LogP contribution is -2.47. The summed E-state index contributed by atoms with van der Waals surface area (Å²) in [7, 11) is -1.57. The average Bonchev–Trinajstić information content (AvgIpc) is 3.64. The molecule has 3 aromatic rings. The van der Waals surface area contributed by atoms with E-state index < -0.39 is 15.9 Å². The van der Waals surface area contributed by atoms with Crippen LogP contribution in [-0.2, 0) is 19.6 Å². The summed E-state index contributed by atoms with van der Waals surface area (Å²) in [5.74, 6) is 0.858. The summed E-state index contributed by atoms with van der Waals surface area (Å²) < 4.78 is 34.0. The smallest absolute Gasteiger partial charge is 0.243 e. The SMILES string of the molecule is C[C@@H]1CN(c2ccc3nc(NC(=O)C(CC4CCCC4)c4ccc(S(=O)(=O)N5CCN(C)CC5)cc4)sc3n2)C[C@H](C)O1. The lowest BCUT2D eigenvalue weighted by Gasteiger charge is -2.36. The van der Waals surface area contributed by atoms with Gasteiger partial charge in [0.15, 0.2) is 5.13 Å². The highest BCUT2D eigenvalue weighted by molar-refractivity contribution is 7.89. The van der Waals surface area contributed by atoms with Crippen LogP contribution in [0.15, 0.2) is 41.3 Å². The number of carbonyl (C=O) groups is 1. The van der Waals surface area contributed by atoms with Gasteiger partial charge in [0.2, 0.25) is 15.9 Å². The number of hydrogen-bond donors (Lipinski definition) is 1. The molecule has 3 aliphatic rings. The molecule has 6 rings (SSSR count). The molecule has 4 heterocycles. The standard InChI is InChI=1S/C31H42N6O4S2/c1-21-19-36(20-22(2)41-21)28-13-12-27-30(33-28)42-31(32-27)34-29(38)26(18-23-6-4-5-7-23)24-8-10-25(11-9-24)43(39,40)37-16-14-35(3)15-17-37/h8-13,21-23,26H,4-7,14-20H2,1-3H3,(H,32,34,38)/t21-,22+,26?. The summed E-state index contributed by atoms with van der Waals surface area (Å²) in [5, 5.41) is 3.61. The molecule has 3 atom stereocenters. The summed E-state index contributed by atoms with van der Waals surface area (Å²) >= 11 is 1.38. The zero-order valence-electron chi connectivity index (χ0n) is 25.2. The number of hydrogen-bond acceptors (Lipinski definition) is 9. The number of sulfonamides is 1. The van der Waals surface area contributed by atoms with E-state index in [1.54, 1.807) is 16.4 Å². The number of nitrogens with zero attached hydrogens (tertiary/aromatic N) is 5. The van der Waals surface area contributed by atoms with Crippen LogP contribution in [0.25, 0.3) is 10.3 Å². The monoisotopic (exact) mass is 626 g/mol. The van der Waals surface area contributed by atoms with Gasteiger partial charge in [0.1, 0.15) is 16.2 Å². The van der Waals surface area contributed by atoms with E-state index in [0.29, 0.717) is 24.1 Å². The number of piperazine rings is 1. The van der Waals surface area contributed by atoms with E-state index in [4.69, 9.17) is 9.72 Å². The van der Waals surface area contributed by atoms with E-state index in [-0.39, 0.29) is 23.0 Å². The number of rotatable bonds is 8. The Labute approximate surface area is 258 Å². The van der Waals surface area contributed by atoms with Crippen molar-refractivity contribution in [2.45, 2.75) is 69.0 Å². The molecule has 232 valence electrons. The highest BCUT2D eigenvalue weighted by Gasteiger charge is 2.30. The Bertz CT molecular complexity index is 1520. The normalized spacial score (nSPS) is 23.6.